The molecule has 0 spiro atoms. The minimum Gasteiger partial charge on any atom is -0.488 e. The summed E-state index contributed by atoms with van der Waals surface area (Å²) >= 11 is 0. The van der Waals surface area contributed by atoms with Gasteiger partial charge in [-0.05, 0) is 31.9 Å². The Morgan fingerprint density at radius 2 is 2.07 bits per heavy atom. The number of pyridine rings is 2. The number of nitrogens with one attached hydrogen (secondary N) is 1. The van der Waals surface area contributed by atoms with E-state index in [-0.39, 0.29) is 29.3 Å². The van der Waals surface area contributed by atoms with Gasteiger partial charge in [0.15, 0.2) is 11.6 Å². The fourth-order valence-corrected chi connectivity index (χ4v) is 4.00. The summed E-state index contributed by atoms with van der Waals surface area (Å²) in [5.41, 5.74) is 1.41. The molecule has 0 saturated carbocycles. The van der Waals surface area contributed by atoms with Gasteiger partial charge in [-0.2, -0.15) is 0 Å². The molecule has 4 rings (SSSR count). The number of hydrogen-bond donors (Lipinski definition) is 1. The summed E-state index contributed by atoms with van der Waals surface area (Å²) < 4.78 is 7.15. The van der Waals surface area contributed by atoms with Crippen LogP contribution in [0.5, 0.6) is 5.75 Å². The molecular formula is C22H27N5O3. The van der Waals surface area contributed by atoms with E-state index in [4.69, 9.17) is 10.1 Å². The van der Waals surface area contributed by atoms with Gasteiger partial charge in [-0.25, -0.2) is 4.98 Å². The van der Waals surface area contributed by atoms with Gasteiger partial charge in [0.25, 0.3) is 5.91 Å². The second-order valence-corrected chi connectivity index (χ2v) is 8.17. The van der Waals surface area contributed by atoms with Gasteiger partial charge in [0.05, 0.1) is 12.1 Å². The van der Waals surface area contributed by atoms with E-state index in [1.807, 2.05) is 23.6 Å². The van der Waals surface area contributed by atoms with Gasteiger partial charge in [0, 0.05) is 42.7 Å². The number of hydrogen-bond acceptors (Lipinski definition) is 6. The SMILES string of the molecule is CC(C)C(=O)n1ccc(N2CCOc3cc(C(=O)N4CCC[C@H]4C)cnc32)cc1=N. The molecule has 30 heavy (non-hydrogen) atoms. The molecular weight excluding hydrogens is 382 g/mol. The van der Waals surface area contributed by atoms with Crippen LogP contribution in [-0.2, 0) is 0 Å². The minimum absolute atomic E-state index is 0.0163. The number of rotatable bonds is 3. The van der Waals surface area contributed by atoms with Crippen molar-refractivity contribution in [2.24, 2.45) is 5.92 Å². The van der Waals surface area contributed by atoms with Crippen molar-refractivity contribution >= 4 is 23.3 Å². The Bertz CT molecular complexity index is 1050. The second-order valence-electron chi connectivity index (χ2n) is 8.17. The van der Waals surface area contributed by atoms with Gasteiger partial charge in [-0.15, -0.1) is 0 Å². The van der Waals surface area contributed by atoms with Crippen molar-refractivity contribution in [3.8, 4) is 5.75 Å². The van der Waals surface area contributed by atoms with E-state index in [0.29, 0.717) is 30.3 Å². The maximum atomic E-state index is 12.9. The van der Waals surface area contributed by atoms with Gasteiger partial charge in [0.2, 0.25) is 5.91 Å². The Kier molecular flexibility index (Phi) is 5.32. The molecule has 0 radical (unpaired) electrons. The molecule has 1 fully saturated rings. The zero-order valence-electron chi connectivity index (χ0n) is 17.6. The van der Waals surface area contributed by atoms with Crippen LogP contribution < -0.4 is 15.1 Å². The highest BCUT2D eigenvalue weighted by molar-refractivity contribution is 5.95. The first-order valence-electron chi connectivity index (χ1n) is 10.4. The number of anilines is 2. The summed E-state index contributed by atoms with van der Waals surface area (Å²) in [4.78, 5) is 33.5. The number of likely N-dealkylation sites (tertiary alicyclic amines) is 1. The third-order valence-corrected chi connectivity index (χ3v) is 5.70. The van der Waals surface area contributed by atoms with Crippen molar-refractivity contribution in [2.45, 2.75) is 39.7 Å². The first-order chi connectivity index (χ1) is 14.4. The van der Waals surface area contributed by atoms with Crippen LogP contribution in [0.2, 0.25) is 0 Å². The van der Waals surface area contributed by atoms with Crippen LogP contribution in [0.15, 0.2) is 30.6 Å². The number of aromatic nitrogens is 2. The number of carbonyl (C=O) groups excluding carboxylic acids is 2. The summed E-state index contributed by atoms with van der Waals surface area (Å²) in [6.45, 7) is 7.48. The minimum atomic E-state index is -0.190. The van der Waals surface area contributed by atoms with Gasteiger partial charge in [-0.1, -0.05) is 13.8 Å². The topological polar surface area (TPSA) is 91.5 Å². The molecule has 1 amide bonds. The lowest BCUT2D eigenvalue weighted by atomic mass is 10.2. The van der Waals surface area contributed by atoms with Crippen molar-refractivity contribution in [1.29, 1.82) is 5.41 Å². The number of fused-ring (bicyclic) bond motifs is 1. The lowest BCUT2D eigenvalue weighted by molar-refractivity contribution is 0.0746. The second kappa shape index (κ2) is 7.93. The van der Waals surface area contributed by atoms with E-state index < -0.39 is 0 Å². The van der Waals surface area contributed by atoms with Crippen LogP contribution in [0.3, 0.4) is 0 Å². The van der Waals surface area contributed by atoms with Gasteiger partial charge < -0.3 is 14.5 Å². The molecule has 0 aliphatic carbocycles. The van der Waals surface area contributed by atoms with E-state index in [1.54, 1.807) is 30.6 Å². The highest BCUT2D eigenvalue weighted by Gasteiger charge is 2.28. The average Bonchev–Trinajstić information content (AvgIpc) is 3.17. The Hall–Kier alpha value is -3.16. The van der Waals surface area contributed by atoms with E-state index in [9.17, 15) is 9.59 Å². The monoisotopic (exact) mass is 409 g/mol. The van der Waals surface area contributed by atoms with E-state index in [1.165, 1.54) is 4.57 Å². The van der Waals surface area contributed by atoms with Crippen molar-refractivity contribution in [3.05, 3.63) is 41.6 Å². The summed E-state index contributed by atoms with van der Waals surface area (Å²) in [5, 5.41) is 8.26. The molecule has 158 valence electrons. The molecule has 2 aromatic heterocycles. The Morgan fingerprint density at radius 1 is 1.27 bits per heavy atom. The van der Waals surface area contributed by atoms with Crippen LogP contribution in [0, 0.1) is 11.3 Å². The number of ether oxygens (including phenoxy) is 1. The largest absolute Gasteiger partial charge is 0.488 e. The first kappa shape index (κ1) is 20.1. The van der Waals surface area contributed by atoms with Crippen molar-refractivity contribution in [1.82, 2.24) is 14.5 Å². The first-order valence-corrected chi connectivity index (χ1v) is 10.4. The third kappa shape index (κ3) is 3.58. The van der Waals surface area contributed by atoms with E-state index in [2.05, 4.69) is 11.9 Å². The predicted molar refractivity (Wildman–Crippen MR) is 112 cm³/mol. The van der Waals surface area contributed by atoms with Crippen LogP contribution in [-0.4, -0.2) is 52.0 Å². The van der Waals surface area contributed by atoms with Crippen molar-refractivity contribution in [3.63, 3.8) is 0 Å². The molecule has 0 unspecified atom stereocenters. The van der Waals surface area contributed by atoms with Crippen LogP contribution in [0.1, 0.15) is 48.8 Å². The number of nitrogens with zero attached hydrogens (tertiary/aromatic N) is 4. The fraction of sp³-hybridized carbons (Fsp3) is 0.455. The Balaban J connectivity index is 1.63. The molecule has 2 aliphatic heterocycles. The molecule has 4 heterocycles. The summed E-state index contributed by atoms with van der Waals surface area (Å²) in [6.07, 6.45) is 5.28. The van der Waals surface area contributed by atoms with Crippen LogP contribution in [0.4, 0.5) is 11.5 Å². The summed E-state index contributed by atoms with van der Waals surface area (Å²) in [6, 6.07) is 5.46. The number of carbonyl (C=O) groups is 2. The van der Waals surface area contributed by atoms with Crippen molar-refractivity contribution in [2.75, 3.05) is 24.6 Å². The normalized spacial score (nSPS) is 18.3. The third-order valence-electron chi connectivity index (χ3n) is 5.70. The van der Waals surface area contributed by atoms with Gasteiger partial charge in [-0.3, -0.25) is 19.6 Å². The lowest BCUT2D eigenvalue weighted by Gasteiger charge is -2.30. The maximum Gasteiger partial charge on any atom is 0.255 e. The number of amides is 1. The summed E-state index contributed by atoms with van der Waals surface area (Å²) in [5.74, 6) is 0.842. The Morgan fingerprint density at radius 3 is 2.73 bits per heavy atom. The van der Waals surface area contributed by atoms with E-state index >= 15 is 0 Å². The standard InChI is InChI=1S/C22H27N5O3/c1-14(2)21(28)27-8-6-17(12-19(27)23)26-9-10-30-18-11-16(13-24-20(18)26)22(29)25-7-4-5-15(25)3/h6,8,11-15,23H,4-5,7,9-10H2,1-3H3/t15-/m1/s1. The van der Waals surface area contributed by atoms with Crippen molar-refractivity contribution < 1.29 is 14.3 Å². The maximum absolute atomic E-state index is 12.9. The zero-order chi connectivity index (χ0) is 21.4. The molecule has 2 aromatic rings. The lowest BCUT2D eigenvalue weighted by Crippen LogP contribution is -2.35. The molecule has 1 N–H and O–H groups in total. The Labute approximate surface area is 175 Å². The van der Waals surface area contributed by atoms with E-state index in [0.717, 1.165) is 25.1 Å². The highest BCUT2D eigenvalue weighted by atomic mass is 16.5. The zero-order valence-corrected chi connectivity index (χ0v) is 17.6. The highest BCUT2D eigenvalue weighted by Crippen LogP contribution is 2.35. The molecule has 0 aromatic carbocycles. The fourth-order valence-electron chi connectivity index (χ4n) is 4.00. The van der Waals surface area contributed by atoms with Crippen LogP contribution in [0.25, 0.3) is 0 Å². The average molecular weight is 409 g/mol. The molecule has 2 aliphatic rings. The molecule has 1 saturated heterocycles. The van der Waals surface area contributed by atoms with Gasteiger partial charge in [0.1, 0.15) is 12.1 Å². The molecule has 8 nitrogen and oxygen atoms in total. The predicted octanol–water partition coefficient (Wildman–Crippen LogP) is 2.81. The van der Waals surface area contributed by atoms with Gasteiger partial charge >= 0.3 is 0 Å². The molecule has 8 heteroatoms. The smallest absolute Gasteiger partial charge is 0.255 e. The quantitative estimate of drug-likeness (QED) is 0.842. The molecule has 0 bridgehead atoms. The summed E-state index contributed by atoms with van der Waals surface area (Å²) in [7, 11) is 0. The molecule has 1 atom stereocenters. The van der Waals surface area contributed by atoms with Crippen LogP contribution >= 0.6 is 0 Å².